The van der Waals surface area contributed by atoms with E-state index in [1.807, 2.05) is 6.92 Å². The van der Waals surface area contributed by atoms with Gasteiger partial charge in [-0.1, -0.05) is 46.5 Å². The quantitative estimate of drug-likeness (QED) is 0.634. The zero-order valence-corrected chi connectivity index (χ0v) is 13.7. The van der Waals surface area contributed by atoms with Crippen LogP contribution in [-0.2, 0) is 14.3 Å². The zero-order chi connectivity index (χ0) is 15.5. The van der Waals surface area contributed by atoms with Crippen LogP contribution in [-0.4, -0.2) is 30.9 Å². The SMILES string of the molecule is CCCC(CCC)CC(=O)NC(C(=O)CC)C(C)OC. The summed E-state index contributed by atoms with van der Waals surface area (Å²) in [7, 11) is 1.56. The van der Waals surface area contributed by atoms with E-state index in [4.69, 9.17) is 4.74 Å². The second-order valence-corrected chi connectivity index (χ2v) is 5.45. The molecule has 0 radical (unpaired) electrons. The van der Waals surface area contributed by atoms with Crippen LogP contribution in [0.5, 0.6) is 0 Å². The van der Waals surface area contributed by atoms with Crippen LogP contribution in [0.15, 0.2) is 0 Å². The molecule has 1 N–H and O–H groups in total. The molecule has 0 heterocycles. The molecule has 0 rings (SSSR count). The molecule has 4 nitrogen and oxygen atoms in total. The number of carbonyl (C=O) groups excluding carboxylic acids is 2. The van der Waals surface area contributed by atoms with E-state index in [0.29, 0.717) is 18.8 Å². The summed E-state index contributed by atoms with van der Waals surface area (Å²) < 4.78 is 5.20. The fourth-order valence-corrected chi connectivity index (χ4v) is 2.48. The highest BCUT2D eigenvalue weighted by atomic mass is 16.5. The van der Waals surface area contributed by atoms with Gasteiger partial charge in [-0.2, -0.15) is 0 Å². The van der Waals surface area contributed by atoms with E-state index in [0.717, 1.165) is 25.7 Å². The lowest BCUT2D eigenvalue weighted by molar-refractivity contribution is -0.131. The largest absolute Gasteiger partial charge is 0.379 e. The molecule has 20 heavy (non-hydrogen) atoms. The van der Waals surface area contributed by atoms with E-state index in [1.165, 1.54) is 0 Å². The molecule has 0 aliphatic heterocycles. The number of Topliss-reactive ketones (excluding diaryl/α,β-unsaturated/α-hetero) is 1. The summed E-state index contributed by atoms with van der Waals surface area (Å²) in [5.74, 6) is 0.406. The predicted molar refractivity (Wildman–Crippen MR) is 81.6 cm³/mol. The van der Waals surface area contributed by atoms with Crippen molar-refractivity contribution in [2.75, 3.05) is 7.11 Å². The van der Waals surface area contributed by atoms with Crippen molar-refractivity contribution < 1.29 is 14.3 Å². The van der Waals surface area contributed by atoms with Gasteiger partial charge in [-0.3, -0.25) is 9.59 Å². The highest BCUT2D eigenvalue weighted by Crippen LogP contribution is 2.17. The van der Waals surface area contributed by atoms with Crippen LogP contribution in [0.3, 0.4) is 0 Å². The summed E-state index contributed by atoms with van der Waals surface area (Å²) in [6, 6.07) is -0.526. The summed E-state index contributed by atoms with van der Waals surface area (Å²) in [5.41, 5.74) is 0. The van der Waals surface area contributed by atoms with Gasteiger partial charge in [0.25, 0.3) is 0 Å². The number of nitrogens with one attached hydrogen (secondary N) is 1. The van der Waals surface area contributed by atoms with E-state index >= 15 is 0 Å². The number of ketones is 1. The first kappa shape index (κ1) is 19.1. The number of amides is 1. The molecule has 1 amide bonds. The second-order valence-electron chi connectivity index (χ2n) is 5.45. The van der Waals surface area contributed by atoms with E-state index in [9.17, 15) is 9.59 Å². The van der Waals surface area contributed by atoms with Gasteiger partial charge in [-0.25, -0.2) is 0 Å². The molecule has 0 saturated carbocycles. The van der Waals surface area contributed by atoms with Crippen LogP contribution in [0.1, 0.15) is 66.2 Å². The molecule has 2 unspecified atom stereocenters. The lowest BCUT2D eigenvalue weighted by Gasteiger charge is -2.24. The molecule has 2 atom stereocenters. The average Bonchev–Trinajstić information content (AvgIpc) is 2.43. The summed E-state index contributed by atoms with van der Waals surface area (Å²) in [6.07, 6.45) is 4.92. The number of ether oxygens (including phenoxy) is 1. The minimum atomic E-state index is -0.526. The van der Waals surface area contributed by atoms with Crippen LogP contribution in [0.2, 0.25) is 0 Å². The molecular formula is C16H31NO3. The molecular weight excluding hydrogens is 254 g/mol. The maximum atomic E-state index is 12.1. The molecule has 0 saturated heterocycles. The van der Waals surface area contributed by atoms with Crippen molar-refractivity contribution >= 4 is 11.7 Å². The molecule has 0 spiro atoms. The van der Waals surface area contributed by atoms with Crippen LogP contribution >= 0.6 is 0 Å². The third-order valence-electron chi connectivity index (χ3n) is 3.72. The predicted octanol–water partition coefficient (Wildman–Crippen LogP) is 3.09. The Kier molecular flexibility index (Phi) is 10.3. The zero-order valence-electron chi connectivity index (χ0n) is 13.7. The van der Waals surface area contributed by atoms with Crippen molar-refractivity contribution in [1.82, 2.24) is 5.32 Å². The van der Waals surface area contributed by atoms with E-state index in [-0.39, 0.29) is 17.8 Å². The van der Waals surface area contributed by atoms with Gasteiger partial charge in [0.2, 0.25) is 5.91 Å². The topological polar surface area (TPSA) is 55.4 Å². The number of methoxy groups -OCH3 is 1. The number of hydrogen-bond acceptors (Lipinski definition) is 3. The van der Waals surface area contributed by atoms with Crippen LogP contribution in [0.25, 0.3) is 0 Å². The number of rotatable bonds is 11. The lowest BCUT2D eigenvalue weighted by Crippen LogP contribution is -2.48. The Morgan fingerprint density at radius 3 is 2.05 bits per heavy atom. The normalized spacial score (nSPS) is 14.1. The van der Waals surface area contributed by atoms with Crippen molar-refractivity contribution in [3.63, 3.8) is 0 Å². The Morgan fingerprint density at radius 2 is 1.65 bits per heavy atom. The van der Waals surface area contributed by atoms with Crippen molar-refractivity contribution in [2.45, 2.75) is 78.4 Å². The minimum absolute atomic E-state index is 0.0234. The highest BCUT2D eigenvalue weighted by Gasteiger charge is 2.26. The summed E-state index contributed by atoms with van der Waals surface area (Å²) in [6.45, 7) is 7.89. The van der Waals surface area contributed by atoms with Gasteiger partial charge in [0, 0.05) is 20.0 Å². The summed E-state index contributed by atoms with van der Waals surface area (Å²) in [4.78, 5) is 24.0. The van der Waals surface area contributed by atoms with Gasteiger partial charge in [-0.15, -0.1) is 0 Å². The van der Waals surface area contributed by atoms with Gasteiger partial charge < -0.3 is 10.1 Å². The maximum absolute atomic E-state index is 12.1. The number of hydrogen-bond donors (Lipinski definition) is 1. The Bertz CT molecular complexity index is 285. The molecule has 0 aromatic heterocycles. The first-order valence-electron chi connectivity index (χ1n) is 7.84. The molecule has 0 fully saturated rings. The van der Waals surface area contributed by atoms with Gasteiger partial charge in [0.05, 0.1) is 6.10 Å². The Morgan fingerprint density at radius 1 is 1.10 bits per heavy atom. The lowest BCUT2D eigenvalue weighted by atomic mass is 9.94. The number of carbonyl (C=O) groups is 2. The van der Waals surface area contributed by atoms with E-state index < -0.39 is 6.04 Å². The van der Waals surface area contributed by atoms with Crippen molar-refractivity contribution in [3.05, 3.63) is 0 Å². The molecule has 0 aromatic carbocycles. The molecule has 118 valence electrons. The van der Waals surface area contributed by atoms with Crippen molar-refractivity contribution in [2.24, 2.45) is 5.92 Å². The molecule has 4 heteroatoms. The minimum Gasteiger partial charge on any atom is -0.379 e. The molecule has 0 aromatic rings. The maximum Gasteiger partial charge on any atom is 0.220 e. The van der Waals surface area contributed by atoms with Crippen LogP contribution < -0.4 is 5.32 Å². The molecule has 0 aliphatic carbocycles. The van der Waals surface area contributed by atoms with Gasteiger partial charge in [-0.05, 0) is 12.8 Å². The van der Waals surface area contributed by atoms with Crippen LogP contribution in [0, 0.1) is 5.92 Å². The van der Waals surface area contributed by atoms with Crippen molar-refractivity contribution in [1.29, 1.82) is 0 Å². The summed E-state index contributed by atoms with van der Waals surface area (Å²) >= 11 is 0. The third-order valence-corrected chi connectivity index (χ3v) is 3.72. The molecule has 0 aliphatic rings. The smallest absolute Gasteiger partial charge is 0.220 e. The Balaban J connectivity index is 4.54. The second kappa shape index (κ2) is 10.8. The van der Waals surface area contributed by atoms with Gasteiger partial charge in [0.1, 0.15) is 6.04 Å². The first-order valence-corrected chi connectivity index (χ1v) is 7.84. The summed E-state index contributed by atoms with van der Waals surface area (Å²) in [5, 5.41) is 2.85. The average molecular weight is 285 g/mol. The third kappa shape index (κ3) is 7.04. The van der Waals surface area contributed by atoms with Crippen molar-refractivity contribution in [3.8, 4) is 0 Å². The standard InChI is InChI=1S/C16H31NO3/c1-6-9-13(10-7-2)11-15(19)17-16(12(4)20-5)14(18)8-3/h12-13,16H,6-11H2,1-5H3,(H,17,19). The van der Waals surface area contributed by atoms with Crippen LogP contribution in [0.4, 0.5) is 0 Å². The fraction of sp³-hybridized carbons (Fsp3) is 0.875. The molecule has 0 bridgehead atoms. The van der Waals surface area contributed by atoms with Gasteiger partial charge in [0.15, 0.2) is 5.78 Å². The van der Waals surface area contributed by atoms with Gasteiger partial charge >= 0.3 is 0 Å². The first-order chi connectivity index (χ1) is 9.49. The monoisotopic (exact) mass is 285 g/mol. The van der Waals surface area contributed by atoms with E-state index in [1.54, 1.807) is 14.0 Å². The highest BCUT2D eigenvalue weighted by molar-refractivity contribution is 5.89. The fourth-order valence-electron chi connectivity index (χ4n) is 2.48. The Labute approximate surface area is 123 Å². The van der Waals surface area contributed by atoms with E-state index in [2.05, 4.69) is 19.2 Å². The Hall–Kier alpha value is -0.900.